The SMILES string of the molecule is CCN(CC)c1ccc(C2(c3c(C)n(C)c4ccccc34)OC(=O)c3ccccc32)c(O)c1. The number of hydrogen-bond acceptors (Lipinski definition) is 4. The molecule has 0 aliphatic carbocycles. The minimum atomic E-state index is -1.25. The van der Waals surface area contributed by atoms with E-state index in [0.717, 1.165) is 46.5 Å². The van der Waals surface area contributed by atoms with Crippen molar-refractivity contribution in [2.24, 2.45) is 7.05 Å². The summed E-state index contributed by atoms with van der Waals surface area (Å²) in [6, 6.07) is 21.3. The third-order valence-corrected chi connectivity index (χ3v) is 7.01. The highest BCUT2D eigenvalue weighted by Gasteiger charge is 2.52. The molecular formula is C28H28N2O3. The number of benzene rings is 3. The van der Waals surface area contributed by atoms with Crippen molar-refractivity contribution in [2.45, 2.75) is 26.4 Å². The first kappa shape index (κ1) is 21.1. The first-order chi connectivity index (χ1) is 15.9. The summed E-state index contributed by atoms with van der Waals surface area (Å²) in [5.41, 5.74) is 4.43. The summed E-state index contributed by atoms with van der Waals surface area (Å²) >= 11 is 0. The van der Waals surface area contributed by atoms with Gasteiger partial charge in [0.1, 0.15) is 5.75 Å². The molecule has 168 valence electrons. The van der Waals surface area contributed by atoms with E-state index in [2.05, 4.69) is 35.4 Å². The second-order valence-electron chi connectivity index (χ2n) is 8.53. The molecule has 1 aromatic heterocycles. The minimum Gasteiger partial charge on any atom is -0.507 e. The van der Waals surface area contributed by atoms with Crippen molar-refractivity contribution in [1.29, 1.82) is 0 Å². The van der Waals surface area contributed by atoms with E-state index in [1.165, 1.54) is 0 Å². The van der Waals surface area contributed by atoms with Gasteiger partial charge in [0.05, 0.1) is 5.56 Å². The van der Waals surface area contributed by atoms with Crippen LogP contribution in [0, 0.1) is 6.92 Å². The zero-order valence-corrected chi connectivity index (χ0v) is 19.4. The van der Waals surface area contributed by atoms with Crippen molar-refractivity contribution in [2.75, 3.05) is 18.0 Å². The number of esters is 1. The van der Waals surface area contributed by atoms with E-state index in [0.29, 0.717) is 11.1 Å². The molecule has 0 saturated heterocycles. The van der Waals surface area contributed by atoms with Crippen LogP contribution < -0.4 is 4.90 Å². The van der Waals surface area contributed by atoms with E-state index < -0.39 is 5.60 Å². The number of carbonyl (C=O) groups is 1. The molecule has 0 saturated carbocycles. The van der Waals surface area contributed by atoms with Gasteiger partial charge >= 0.3 is 5.97 Å². The van der Waals surface area contributed by atoms with Crippen LogP contribution in [0.15, 0.2) is 66.7 Å². The normalized spacial score (nSPS) is 17.3. The number of hydrogen-bond donors (Lipinski definition) is 1. The molecular weight excluding hydrogens is 412 g/mol. The van der Waals surface area contributed by atoms with E-state index in [4.69, 9.17) is 4.74 Å². The molecule has 1 aliphatic rings. The van der Waals surface area contributed by atoms with Gasteiger partial charge in [0.2, 0.25) is 0 Å². The maximum absolute atomic E-state index is 13.1. The molecule has 5 rings (SSSR count). The summed E-state index contributed by atoms with van der Waals surface area (Å²) in [6.45, 7) is 7.88. The number of aromatic nitrogens is 1. The van der Waals surface area contributed by atoms with Crippen LogP contribution in [0.4, 0.5) is 5.69 Å². The predicted octanol–water partition coefficient (Wildman–Crippen LogP) is 5.50. The number of phenols is 1. The third-order valence-electron chi connectivity index (χ3n) is 7.01. The fourth-order valence-electron chi connectivity index (χ4n) is 5.31. The summed E-state index contributed by atoms with van der Waals surface area (Å²) in [5, 5.41) is 12.4. The van der Waals surface area contributed by atoms with Gasteiger partial charge in [-0.15, -0.1) is 0 Å². The number of rotatable bonds is 5. The number of aryl methyl sites for hydroxylation is 1. The lowest BCUT2D eigenvalue weighted by atomic mass is 9.78. The van der Waals surface area contributed by atoms with Gasteiger partial charge in [0.15, 0.2) is 5.60 Å². The predicted molar refractivity (Wildman–Crippen MR) is 131 cm³/mol. The molecule has 4 aromatic rings. The second kappa shape index (κ2) is 7.69. The average Bonchev–Trinajstić information content (AvgIpc) is 3.26. The Hall–Kier alpha value is -3.73. The van der Waals surface area contributed by atoms with Gasteiger partial charge in [-0.2, -0.15) is 0 Å². The summed E-state index contributed by atoms with van der Waals surface area (Å²) in [7, 11) is 2.01. The monoisotopic (exact) mass is 440 g/mol. The number of aromatic hydroxyl groups is 1. The van der Waals surface area contributed by atoms with Gasteiger partial charge in [0, 0.05) is 65.2 Å². The summed E-state index contributed by atoms with van der Waals surface area (Å²) < 4.78 is 8.42. The molecule has 0 bridgehead atoms. The number of carbonyl (C=O) groups excluding carboxylic acids is 1. The Morgan fingerprint density at radius 3 is 2.39 bits per heavy atom. The molecule has 5 heteroatoms. The lowest BCUT2D eigenvalue weighted by molar-refractivity contribution is 0.0248. The topological polar surface area (TPSA) is 54.7 Å². The van der Waals surface area contributed by atoms with E-state index >= 15 is 0 Å². The molecule has 1 atom stereocenters. The maximum Gasteiger partial charge on any atom is 0.340 e. The highest BCUT2D eigenvalue weighted by atomic mass is 16.6. The molecule has 33 heavy (non-hydrogen) atoms. The lowest BCUT2D eigenvalue weighted by Crippen LogP contribution is -2.31. The van der Waals surface area contributed by atoms with Gasteiger partial charge in [-0.25, -0.2) is 4.79 Å². The van der Waals surface area contributed by atoms with Crippen molar-refractivity contribution in [3.05, 3.63) is 94.7 Å². The van der Waals surface area contributed by atoms with Gasteiger partial charge in [-0.3, -0.25) is 0 Å². The Morgan fingerprint density at radius 1 is 0.970 bits per heavy atom. The van der Waals surface area contributed by atoms with Gasteiger partial charge in [-0.1, -0.05) is 36.4 Å². The van der Waals surface area contributed by atoms with E-state index in [-0.39, 0.29) is 11.7 Å². The molecule has 5 nitrogen and oxygen atoms in total. The molecule has 0 spiro atoms. The number of fused-ring (bicyclic) bond motifs is 2. The summed E-state index contributed by atoms with van der Waals surface area (Å²) in [4.78, 5) is 15.3. The Kier molecular flexibility index (Phi) is 4.93. The van der Waals surface area contributed by atoms with Crippen molar-refractivity contribution < 1.29 is 14.6 Å². The number of ether oxygens (including phenoxy) is 1. The largest absolute Gasteiger partial charge is 0.507 e. The Morgan fingerprint density at radius 2 is 1.67 bits per heavy atom. The zero-order valence-electron chi connectivity index (χ0n) is 19.4. The van der Waals surface area contributed by atoms with Crippen molar-refractivity contribution in [1.82, 2.24) is 4.57 Å². The smallest absolute Gasteiger partial charge is 0.340 e. The Bertz CT molecular complexity index is 1380. The van der Waals surface area contributed by atoms with Crippen LogP contribution in [0.25, 0.3) is 10.9 Å². The minimum absolute atomic E-state index is 0.108. The first-order valence-corrected chi connectivity index (χ1v) is 11.4. The van der Waals surface area contributed by atoms with Gasteiger partial charge in [0.25, 0.3) is 0 Å². The molecule has 1 aliphatic heterocycles. The number of cyclic esters (lactones) is 1. The van der Waals surface area contributed by atoms with Crippen molar-refractivity contribution in [3.8, 4) is 5.75 Å². The van der Waals surface area contributed by atoms with Crippen molar-refractivity contribution >= 4 is 22.6 Å². The molecule has 0 radical (unpaired) electrons. The van der Waals surface area contributed by atoms with E-state index in [9.17, 15) is 9.90 Å². The van der Waals surface area contributed by atoms with Gasteiger partial charge in [-0.05, 0) is 45.0 Å². The molecule has 3 aromatic carbocycles. The van der Waals surface area contributed by atoms with Crippen molar-refractivity contribution in [3.63, 3.8) is 0 Å². The van der Waals surface area contributed by atoms with Crippen LogP contribution in [0.3, 0.4) is 0 Å². The lowest BCUT2D eigenvalue weighted by Gasteiger charge is -2.32. The second-order valence-corrected chi connectivity index (χ2v) is 8.53. The fourth-order valence-corrected chi connectivity index (χ4v) is 5.31. The fraction of sp³-hybridized carbons (Fsp3) is 0.250. The quantitative estimate of drug-likeness (QED) is 0.416. The average molecular weight is 441 g/mol. The van der Waals surface area contributed by atoms with Crippen LogP contribution in [-0.2, 0) is 17.4 Å². The third kappa shape index (κ3) is 2.88. The van der Waals surface area contributed by atoms with Crippen LogP contribution in [-0.4, -0.2) is 28.7 Å². The van der Waals surface area contributed by atoms with Crippen LogP contribution in [0.2, 0.25) is 0 Å². The Balaban J connectivity index is 1.87. The first-order valence-electron chi connectivity index (χ1n) is 11.4. The molecule has 1 unspecified atom stereocenters. The maximum atomic E-state index is 13.1. The summed E-state index contributed by atoms with van der Waals surface area (Å²) in [6.07, 6.45) is 0. The standard InChI is InChI=1S/C28H28N2O3/c1-5-30(6-2)19-15-16-23(25(31)17-19)28(22-13-9-7-11-20(22)27(32)33-28)26-18(3)29(4)24-14-10-8-12-21(24)26/h7-17,31H,5-6H2,1-4H3. The molecule has 0 fully saturated rings. The molecule has 1 N–H and O–H groups in total. The highest BCUT2D eigenvalue weighted by molar-refractivity contribution is 5.99. The van der Waals surface area contributed by atoms with Crippen LogP contribution in [0.5, 0.6) is 5.75 Å². The number of para-hydroxylation sites is 1. The highest BCUT2D eigenvalue weighted by Crippen LogP contribution is 2.53. The molecule has 0 amide bonds. The molecule has 2 heterocycles. The van der Waals surface area contributed by atoms with Crippen LogP contribution in [0.1, 0.15) is 46.6 Å². The van der Waals surface area contributed by atoms with E-state index in [1.54, 1.807) is 12.1 Å². The number of anilines is 1. The zero-order chi connectivity index (χ0) is 23.3. The summed E-state index contributed by atoms with van der Waals surface area (Å²) in [5.74, 6) is -0.276. The van der Waals surface area contributed by atoms with Crippen LogP contribution >= 0.6 is 0 Å². The Labute approximate surface area is 193 Å². The number of nitrogens with zero attached hydrogens (tertiary/aromatic N) is 2. The number of phenolic OH excluding ortho intramolecular Hbond substituents is 1. The van der Waals surface area contributed by atoms with E-state index in [1.807, 2.05) is 56.4 Å². The van der Waals surface area contributed by atoms with Gasteiger partial charge < -0.3 is 19.3 Å².